The highest BCUT2D eigenvalue weighted by Gasteiger charge is 2.08. The molecule has 0 aromatic heterocycles. The number of rotatable bonds is 8. The summed E-state index contributed by atoms with van der Waals surface area (Å²) in [6, 6.07) is 14.8. The van der Waals surface area contributed by atoms with Crippen molar-refractivity contribution < 1.29 is 14.6 Å². The van der Waals surface area contributed by atoms with Gasteiger partial charge in [-0.05, 0) is 43.3 Å². The Balaban J connectivity index is 1.84. The number of aliphatic hydroxyl groups is 1. The summed E-state index contributed by atoms with van der Waals surface area (Å²) in [4.78, 5) is 12.2. The first kappa shape index (κ1) is 19.0. The van der Waals surface area contributed by atoms with Gasteiger partial charge in [-0.1, -0.05) is 31.5 Å². The summed E-state index contributed by atoms with van der Waals surface area (Å²) < 4.78 is 5.54. The molecule has 5 heteroatoms. The van der Waals surface area contributed by atoms with Crippen LogP contribution in [-0.2, 0) is 0 Å². The molecule has 2 aromatic carbocycles. The Bertz CT molecular complexity index is 666. The lowest BCUT2D eigenvalue weighted by Gasteiger charge is -2.15. The molecule has 0 fully saturated rings. The van der Waals surface area contributed by atoms with Crippen molar-refractivity contribution in [2.45, 2.75) is 32.9 Å². The second-order valence-electron chi connectivity index (χ2n) is 6.37. The molecule has 3 N–H and O–H groups in total. The van der Waals surface area contributed by atoms with E-state index in [1.54, 1.807) is 24.3 Å². The van der Waals surface area contributed by atoms with Crippen molar-refractivity contribution in [1.29, 1.82) is 0 Å². The summed E-state index contributed by atoms with van der Waals surface area (Å²) in [6.45, 7) is 6.73. The van der Waals surface area contributed by atoms with Crippen molar-refractivity contribution in [3.63, 3.8) is 0 Å². The van der Waals surface area contributed by atoms with Crippen molar-refractivity contribution in [1.82, 2.24) is 5.32 Å². The van der Waals surface area contributed by atoms with Gasteiger partial charge in [-0.3, -0.25) is 4.79 Å². The van der Waals surface area contributed by atoms with Gasteiger partial charge in [0.15, 0.2) is 0 Å². The van der Waals surface area contributed by atoms with E-state index in [0.29, 0.717) is 23.9 Å². The molecule has 0 spiro atoms. The zero-order valence-corrected chi connectivity index (χ0v) is 15.0. The van der Waals surface area contributed by atoms with Crippen LogP contribution >= 0.6 is 0 Å². The van der Waals surface area contributed by atoms with Crippen LogP contribution in [0, 0.1) is 6.92 Å². The van der Waals surface area contributed by atoms with Crippen LogP contribution in [0.3, 0.4) is 0 Å². The molecular formula is C20H26N2O3. The molecule has 0 aliphatic heterocycles. The van der Waals surface area contributed by atoms with E-state index in [9.17, 15) is 9.90 Å². The fourth-order valence-electron chi connectivity index (χ4n) is 2.17. The van der Waals surface area contributed by atoms with Crippen LogP contribution in [0.5, 0.6) is 5.75 Å². The number of ether oxygens (including phenoxy) is 1. The van der Waals surface area contributed by atoms with Crippen LogP contribution in [0.15, 0.2) is 48.5 Å². The Morgan fingerprint density at radius 2 is 1.72 bits per heavy atom. The Kier molecular flexibility index (Phi) is 6.98. The van der Waals surface area contributed by atoms with Crippen LogP contribution in [0.1, 0.15) is 29.8 Å². The van der Waals surface area contributed by atoms with Crippen LogP contribution in [0.25, 0.3) is 0 Å². The number of hydrogen-bond donors (Lipinski definition) is 3. The summed E-state index contributed by atoms with van der Waals surface area (Å²) in [5.74, 6) is 0.451. The van der Waals surface area contributed by atoms with E-state index in [2.05, 4.69) is 10.6 Å². The van der Waals surface area contributed by atoms with Gasteiger partial charge in [-0.25, -0.2) is 0 Å². The third kappa shape index (κ3) is 6.57. The van der Waals surface area contributed by atoms with Gasteiger partial charge >= 0.3 is 0 Å². The average Bonchev–Trinajstić information content (AvgIpc) is 2.60. The minimum absolute atomic E-state index is 0.170. The van der Waals surface area contributed by atoms with E-state index in [0.717, 1.165) is 11.3 Å². The zero-order chi connectivity index (χ0) is 18.2. The van der Waals surface area contributed by atoms with Gasteiger partial charge in [0.1, 0.15) is 18.5 Å². The Morgan fingerprint density at radius 3 is 2.32 bits per heavy atom. The first-order valence-corrected chi connectivity index (χ1v) is 8.46. The molecule has 0 bridgehead atoms. The first-order valence-electron chi connectivity index (χ1n) is 8.46. The monoisotopic (exact) mass is 342 g/mol. The molecule has 0 aliphatic rings. The number of nitrogens with one attached hydrogen (secondary N) is 2. The largest absolute Gasteiger partial charge is 0.491 e. The molecule has 0 radical (unpaired) electrons. The number of carbonyl (C=O) groups is 1. The highest BCUT2D eigenvalue weighted by molar-refractivity contribution is 6.04. The third-order valence-corrected chi connectivity index (χ3v) is 3.63. The second-order valence-corrected chi connectivity index (χ2v) is 6.37. The van der Waals surface area contributed by atoms with Gasteiger partial charge in [0.05, 0.1) is 0 Å². The summed E-state index contributed by atoms with van der Waals surface area (Å²) >= 11 is 0. The first-order chi connectivity index (χ1) is 11.9. The molecule has 0 heterocycles. The van der Waals surface area contributed by atoms with Gasteiger partial charge in [-0.15, -0.1) is 0 Å². The maximum absolute atomic E-state index is 12.2. The number of aliphatic hydroxyl groups excluding tert-OH is 1. The molecule has 0 saturated carbocycles. The molecule has 5 nitrogen and oxygen atoms in total. The lowest BCUT2D eigenvalue weighted by atomic mass is 10.2. The molecule has 0 unspecified atom stereocenters. The minimum Gasteiger partial charge on any atom is -0.491 e. The van der Waals surface area contributed by atoms with Crippen LogP contribution < -0.4 is 15.4 Å². The van der Waals surface area contributed by atoms with Crippen LogP contribution in [0.2, 0.25) is 0 Å². The van der Waals surface area contributed by atoms with E-state index in [1.165, 1.54) is 0 Å². The molecular weight excluding hydrogens is 316 g/mol. The predicted molar refractivity (Wildman–Crippen MR) is 100 cm³/mol. The van der Waals surface area contributed by atoms with E-state index < -0.39 is 6.10 Å². The summed E-state index contributed by atoms with van der Waals surface area (Å²) in [5.41, 5.74) is 2.46. The van der Waals surface area contributed by atoms with Gasteiger partial charge in [0.2, 0.25) is 0 Å². The van der Waals surface area contributed by atoms with Gasteiger partial charge < -0.3 is 20.5 Å². The fraction of sp³-hybridized carbons (Fsp3) is 0.350. The maximum atomic E-state index is 12.2. The van der Waals surface area contributed by atoms with Gasteiger partial charge in [0, 0.05) is 23.8 Å². The lowest BCUT2D eigenvalue weighted by molar-refractivity contribution is 0.102. The SMILES string of the molecule is Cc1ccc(NC(=O)c2ccc(OC[C@H](O)CNC(C)C)cc2)cc1. The smallest absolute Gasteiger partial charge is 0.255 e. The number of hydrogen-bond acceptors (Lipinski definition) is 4. The van der Waals surface area contributed by atoms with Crippen molar-refractivity contribution in [2.24, 2.45) is 0 Å². The molecule has 0 aliphatic carbocycles. The molecule has 2 rings (SSSR count). The van der Waals surface area contributed by atoms with E-state index in [-0.39, 0.29) is 12.5 Å². The lowest BCUT2D eigenvalue weighted by Crippen LogP contribution is -2.35. The van der Waals surface area contributed by atoms with Crippen molar-refractivity contribution in [3.8, 4) is 5.75 Å². The number of benzene rings is 2. The van der Waals surface area contributed by atoms with Crippen molar-refractivity contribution in [2.75, 3.05) is 18.5 Å². The number of aryl methyl sites for hydroxylation is 1. The summed E-state index contributed by atoms with van der Waals surface area (Å²) in [7, 11) is 0. The zero-order valence-electron chi connectivity index (χ0n) is 15.0. The van der Waals surface area contributed by atoms with Crippen LogP contribution in [-0.4, -0.2) is 36.3 Å². The molecule has 0 saturated heterocycles. The quantitative estimate of drug-likeness (QED) is 0.690. The number of amides is 1. The maximum Gasteiger partial charge on any atom is 0.255 e. The Labute approximate surface area is 149 Å². The van der Waals surface area contributed by atoms with Crippen LogP contribution in [0.4, 0.5) is 5.69 Å². The topological polar surface area (TPSA) is 70.6 Å². The summed E-state index contributed by atoms with van der Waals surface area (Å²) in [6.07, 6.45) is -0.577. The predicted octanol–water partition coefficient (Wildman–Crippen LogP) is 2.99. The van der Waals surface area contributed by atoms with E-state index in [1.807, 2.05) is 45.0 Å². The number of anilines is 1. The third-order valence-electron chi connectivity index (χ3n) is 3.63. The number of carbonyl (C=O) groups excluding carboxylic acids is 1. The normalized spacial score (nSPS) is 12.0. The highest BCUT2D eigenvalue weighted by atomic mass is 16.5. The molecule has 134 valence electrons. The van der Waals surface area contributed by atoms with Crippen molar-refractivity contribution >= 4 is 11.6 Å². The molecule has 1 atom stereocenters. The second kappa shape index (κ2) is 9.20. The Hall–Kier alpha value is -2.37. The minimum atomic E-state index is -0.577. The molecule has 2 aromatic rings. The summed E-state index contributed by atoms with van der Waals surface area (Å²) in [5, 5.41) is 15.8. The molecule has 1 amide bonds. The Morgan fingerprint density at radius 1 is 1.08 bits per heavy atom. The van der Waals surface area contributed by atoms with E-state index in [4.69, 9.17) is 4.74 Å². The van der Waals surface area contributed by atoms with Crippen molar-refractivity contribution in [3.05, 3.63) is 59.7 Å². The van der Waals surface area contributed by atoms with Gasteiger partial charge in [-0.2, -0.15) is 0 Å². The molecule has 25 heavy (non-hydrogen) atoms. The van der Waals surface area contributed by atoms with E-state index >= 15 is 0 Å². The fourth-order valence-corrected chi connectivity index (χ4v) is 2.17. The van der Waals surface area contributed by atoms with Gasteiger partial charge in [0.25, 0.3) is 5.91 Å². The standard InChI is InChI=1S/C20H26N2O3/c1-14(2)21-12-18(23)13-25-19-10-6-16(7-11-19)20(24)22-17-8-4-15(3)5-9-17/h4-11,14,18,21,23H,12-13H2,1-3H3,(H,22,24)/t18-/m1/s1. The highest BCUT2D eigenvalue weighted by Crippen LogP contribution is 2.15. The average molecular weight is 342 g/mol.